The fourth-order valence-corrected chi connectivity index (χ4v) is 1.96. The lowest BCUT2D eigenvalue weighted by Gasteiger charge is -2.17. The van der Waals surface area contributed by atoms with Gasteiger partial charge >= 0.3 is 0 Å². The smallest absolute Gasteiger partial charge is 0.226 e. The molecule has 2 rings (SSSR count). The Morgan fingerprint density at radius 1 is 1.41 bits per heavy atom. The molecule has 1 aliphatic rings. The molecule has 5 nitrogen and oxygen atoms in total. The summed E-state index contributed by atoms with van der Waals surface area (Å²) in [4.78, 5) is 17.8. The number of rotatable bonds is 4. The van der Waals surface area contributed by atoms with Crippen molar-refractivity contribution in [1.82, 2.24) is 4.98 Å². The predicted molar refractivity (Wildman–Crippen MR) is 68.0 cm³/mol. The van der Waals surface area contributed by atoms with Crippen molar-refractivity contribution in [3.63, 3.8) is 0 Å². The number of nitrogens with zero attached hydrogens (tertiary/aromatic N) is 2. The highest BCUT2D eigenvalue weighted by molar-refractivity contribution is 5.89. The first-order chi connectivity index (χ1) is 8.29. The summed E-state index contributed by atoms with van der Waals surface area (Å²) in [5.41, 5.74) is 6.43. The number of amides is 1. The molecule has 1 amide bonds. The number of hydrogen-bond donors (Lipinski definition) is 2. The van der Waals surface area contributed by atoms with Crippen LogP contribution >= 0.6 is 0 Å². The number of anilines is 2. The lowest BCUT2D eigenvalue weighted by atomic mass is 10.3. The number of nitrogens with two attached hydrogens (primary N) is 1. The van der Waals surface area contributed by atoms with Crippen molar-refractivity contribution in [2.45, 2.75) is 19.3 Å². The average Bonchev–Trinajstić information content (AvgIpc) is 2.84. The van der Waals surface area contributed by atoms with E-state index in [2.05, 4.69) is 15.2 Å². The minimum absolute atomic E-state index is 0.0890. The first kappa shape index (κ1) is 11.9. The molecule has 0 aromatic carbocycles. The summed E-state index contributed by atoms with van der Waals surface area (Å²) in [6.07, 6.45) is 4.63. The summed E-state index contributed by atoms with van der Waals surface area (Å²) in [6, 6.07) is 3.83. The SMILES string of the molecule is NCCC(=O)Nc1ccc(N2CCCC2)cn1. The van der Waals surface area contributed by atoms with E-state index < -0.39 is 0 Å². The number of nitrogens with one attached hydrogen (secondary N) is 1. The highest BCUT2D eigenvalue weighted by Crippen LogP contribution is 2.20. The molecular formula is C12H18N4O. The lowest BCUT2D eigenvalue weighted by molar-refractivity contribution is -0.116. The molecule has 0 bridgehead atoms. The van der Waals surface area contributed by atoms with E-state index in [1.54, 1.807) is 0 Å². The van der Waals surface area contributed by atoms with E-state index in [1.165, 1.54) is 12.8 Å². The number of carbonyl (C=O) groups is 1. The fourth-order valence-electron chi connectivity index (χ4n) is 1.96. The van der Waals surface area contributed by atoms with Crippen molar-refractivity contribution in [2.24, 2.45) is 5.73 Å². The van der Waals surface area contributed by atoms with Gasteiger partial charge in [-0.15, -0.1) is 0 Å². The Bertz CT molecular complexity index is 371. The molecule has 0 atom stereocenters. The molecule has 1 aromatic rings. The van der Waals surface area contributed by atoms with Crippen molar-refractivity contribution in [2.75, 3.05) is 29.9 Å². The molecule has 17 heavy (non-hydrogen) atoms. The van der Waals surface area contributed by atoms with Crippen LogP contribution in [0.4, 0.5) is 11.5 Å². The predicted octanol–water partition coefficient (Wildman–Crippen LogP) is 0.969. The van der Waals surface area contributed by atoms with Crippen LogP contribution in [0.25, 0.3) is 0 Å². The molecule has 2 heterocycles. The molecule has 1 aliphatic heterocycles. The third kappa shape index (κ3) is 3.17. The molecule has 0 unspecified atom stereocenters. The second-order valence-corrected chi connectivity index (χ2v) is 4.18. The zero-order valence-electron chi connectivity index (χ0n) is 9.85. The largest absolute Gasteiger partial charge is 0.370 e. The normalized spacial score (nSPS) is 15.0. The van der Waals surface area contributed by atoms with E-state index in [0.717, 1.165) is 18.8 Å². The molecular weight excluding hydrogens is 216 g/mol. The summed E-state index contributed by atoms with van der Waals surface area (Å²) in [5.74, 6) is 0.500. The number of aromatic nitrogens is 1. The van der Waals surface area contributed by atoms with Gasteiger partial charge in [-0.1, -0.05) is 0 Å². The van der Waals surface area contributed by atoms with Gasteiger partial charge in [0.25, 0.3) is 0 Å². The quantitative estimate of drug-likeness (QED) is 0.814. The van der Waals surface area contributed by atoms with E-state index >= 15 is 0 Å². The lowest BCUT2D eigenvalue weighted by Crippen LogP contribution is -2.19. The molecule has 0 spiro atoms. The van der Waals surface area contributed by atoms with E-state index in [-0.39, 0.29) is 5.91 Å². The second kappa shape index (κ2) is 5.63. The van der Waals surface area contributed by atoms with Gasteiger partial charge in [0.1, 0.15) is 5.82 Å². The molecule has 0 aliphatic carbocycles. The maximum atomic E-state index is 11.3. The zero-order chi connectivity index (χ0) is 12.1. The molecule has 1 fully saturated rings. The van der Waals surface area contributed by atoms with Crippen LogP contribution in [-0.2, 0) is 4.79 Å². The van der Waals surface area contributed by atoms with Crippen LogP contribution in [0, 0.1) is 0 Å². The third-order valence-corrected chi connectivity index (χ3v) is 2.86. The van der Waals surface area contributed by atoms with Crippen LogP contribution in [-0.4, -0.2) is 30.5 Å². The second-order valence-electron chi connectivity index (χ2n) is 4.18. The van der Waals surface area contributed by atoms with Crippen molar-refractivity contribution in [3.05, 3.63) is 18.3 Å². The van der Waals surface area contributed by atoms with Crippen LogP contribution in [0.15, 0.2) is 18.3 Å². The van der Waals surface area contributed by atoms with Crippen LogP contribution in [0.1, 0.15) is 19.3 Å². The molecule has 3 N–H and O–H groups in total. The number of pyridine rings is 1. The van der Waals surface area contributed by atoms with Gasteiger partial charge in [0.15, 0.2) is 0 Å². The fraction of sp³-hybridized carbons (Fsp3) is 0.500. The summed E-state index contributed by atoms with van der Waals surface area (Å²) in [5, 5.41) is 2.71. The number of carbonyl (C=O) groups excluding carboxylic acids is 1. The minimum atomic E-state index is -0.0890. The molecule has 1 aromatic heterocycles. The van der Waals surface area contributed by atoms with Gasteiger partial charge in [-0.25, -0.2) is 4.98 Å². The van der Waals surface area contributed by atoms with Crippen molar-refractivity contribution in [1.29, 1.82) is 0 Å². The Labute approximate surface area is 101 Å². The van der Waals surface area contributed by atoms with Gasteiger partial charge in [0.05, 0.1) is 11.9 Å². The van der Waals surface area contributed by atoms with E-state index in [1.807, 2.05) is 18.3 Å². The Morgan fingerprint density at radius 2 is 2.18 bits per heavy atom. The Morgan fingerprint density at radius 3 is 2.76 bits per heavy atom. The summed E-state index contributed by atoms with van der Waals surface area (Å²) < 4.78 is 0. The highest BCUT2D eigenvalue weighted by atomic mass is 16.1. The van der Waals surface area contributed by atoms with Crippen LogP contribution < -0.4 is 16.0 Å². The van der Waals surface area contributed by atoms with Gasteiger partial charge < -0.3 is 16.0 Å². The number of hydrogen-bond acceptors (Lipinski definition) is 4. The maximum absolute atomic E-state index is 11.3. The summed E-state index contributed by atoms with van der Waals surface area (Å²) in [7, 11) is 0. The summed E-state index contributed by atoms with van der Waals surface area (Å²) in [6.45, 7) is 2.55. The molecule has 1 saturated heterocycles. The first-order valence-electron chi connectivity index (χ1n) is 6.00. The Kier molecular flexibility index (Phi) is 3.93. The first-order valence-corrected chi connectivity index (χ1v) is 6.00. The zero-order valence-corrected chi connectivity index (χ0v) is 9.85. The molecule has 92 valence electrons. The maximum Gasteiger partial charge on any atom is 0.226 e. The van der Waals surface area contributed by atoms with Crippen LogP contribution in [0.3, 0.4) is 0 Å². The third-order valence-electron chi connectivity index (χ3n) is 2.86. The molecule has 0 saturated carbocycles. The van der Waals surface area contributed by atoms with E-state index in [0.29, 0.717) is 18.8 Å². The standard InChI is InChI=1S/C12H18N4O/c13-6-5-12(17)15-11-4-3-10(9-14-11)16-7-1-2-8-16/h3-4,9H,1-2,5-8,13H2,(H,14,15,17). The average molecular weight is 234 g/mol. The Hall–Kier alpha value is -1.62. The van der Waals surface area contributed by atoms with Crippen molar-refractivity contribution < 1.29 is 4.79 Å². The van der Waals surface area contributed by atoms with E-state index in [9.17, 15) is 4.79 Å². The molecule has 5 heteroatoms. The van der Waals surface area contributed by atoms with Crippen molar-refractivity contribution >= 4 is 17.4 Å². The Balaban J connectivity index is 1.95. The van der Waals surface area contributed by atoms with Gasteiger partial charge in [-0.05, 0) is 25.0 Å². The highest BCUT2D eigenvalue weighted by Gasteiger charge is 2.12. The van der Waals surface area contributed by atoms with Crippen molar-refractivity contribution in [3.8, 4) is 0 Å². The topological polar surface area (TPSA) is 71.2 Å². The van der Waals surface area contributed by atoms with E-state index in [4.69, 9.17) is 5.73 Å². The van der Waals surface area contributed by atoms with Crippen LogP contribution in [0.2, 0.25) is 0 Å². The summed E-state index contributed by atoms with van der Waals surface area (Å²) >= 11 is 0. The van der Waals surface area contributed by atoms with Gasteiger partial charge in [-0.2, -0.15) is 0 Å². The van der Waals surface area contributed by atoms with Gasteiger partial charge in [0, 0.05) is 26.1 Å². The molecule has 0 radical (unpaired) electrons. The van der Waals surface area contributed by atoms with Gasteiger partial charge in [-0.3, -0.25) is 4.79 Å². The monoisotopic (exact) mass is 234 g/mol. The van der Waals surface area contributed by atoms with Gasteiger partial charge in [0.2, 0.25) is 5.91 Å². The van der Waals surface area contributed by atoms with Crippen LogP contribution in [0.5, 0.6) is 0 Å². The minimum Gasteiger partial charge on any atom is -0.370 e.